The van der Waals surface area contributed by atoms with Crippen LogP contribution in [-0.4, -0.2) is 33.1 Å². The summed E-state index contributed by atoms with van der Waals surface area (Å²) in [7, 11) is -3.84. The summed E-state index contributed by atoms with van der Waals surface area (Å²) in [5.41, 5.74) is 1.66. The number of carbonyl (C=O) groups is 1. The lowest BCUT2D eigenvalue weighted by atomic mass is 10.1. The second-order valence-electron chi connectivity index (χ2n) is 6.93. The molecule has 0 radical (unpaired) electrons. The van der Waals surface area contributed by atoms with Gasteiger partial charge in [-0.1, -0.05) is 12.1 Å². The molecule has 0 unspecified atom stereocenters. The molecule has 3 rings (SSSR count). The molecule has 0 saturated carbocycles. The van der Waals surface area contributed by atoms with Crippen LogP contribution in [0.1, 0.15) is 35.7 Å². The predicted molar refractivity (Wildman–Crippen MR) is 112 cm³/mol. The monoisotopic (exact) mass is 466 g/mol. The van der Waals surface area contributed by atoms with Crippen molar-refractivity contribution in [2.45, 2.75) is 43.7 Å². The van der Waals surface area contributed by atoms with E-state index in [1.165, 1.54) is 12.1 Å². The van der Waals surface area contributed by atoms with Crippen molar-refractivity contribution in [2.24, 2.45) is 0 Å². The minimum atomic E-state index is -3.84. The van der Waals surface area contributed by atoms with Gasteiger partial charge in [0.2, 0.25) is 0 Å². The first-order valence-corrected chi connectivity index (χ1v) is 11.4. The van der Waals surface area contributed by atoms with Gasteiger partial charge in [0, 0.05) is 16.6 Å². The highest BCUT2D eigenvalue weighted by molar-refractivity contribution is 9.10. The molecular formula is C20H23BrN2O4S. The molecule has 0 aliphatic carbocycles. The molecule has 1 aliphatic heterocycles. The number of rotatable bonds is 6. The number of hydrogen-bond donors (Lipinski definition) is 2. The van der Waals surface area contributed by atoms with Gasteiger partial charge in [0.25, 0.3) is 15.9 Å². The fraction of sp³-hybridized carbons (Fsp3) is 0.350. The maximum absolute atomic E-state index is 12.8. The highest BCUT2D eigenvalue weighted by Gasteiger charge is 2.24. The fourth-order valence-electron chi connectivity index (χ4n) is 3.11. The summed E-state index contributed by atoms with van der Waals surface area (Å²) in [4.78, 5) is 12.6. The maximum Gasteiger partial charge on any atom is 0.261 e. The molecule has 8 heteroatoms. The van der Waals surface area contributed by atoms with Gasteiger partial charge in [0.05, 0.1) is 22.7 Å². The van der Waals surface area contributed by atoms with E-state index in [9.17, 15) is 13.2 Å². The van der Waals surface area contributed by atoms with Crippen LogP contribution in [0.2, 0.25) is 0 Å². The van der Waals surface area contributed by atoms with E-state index < -0.39 is 10.0 Å². The van der Waals surface area contributed by atoms with Crippen LogP contribution in [0.3, 0.4) is 0 Å². The first-order chi connectivity index (χ1) is 13.3. The van der Waals surface area contributed by atoms with Crippen LogP contribution in [-0.2, 0) is 14.8 Å². The lowest BCUT2D eigenvalue weighted by molar-refractivity contribution is 0.0712. The van der Waals surface area contributed by atoms with Crippen LogP contribution in [0, 0.1) is 6.92 Å². The predicted octanol–water partition coefficient (Wildman–Crippen LogP) is 3.86. The molecule has 28 heavy (non-hydrogen) atoms. The Hall–Kier alpha value is -1.90. The highest BCUT2D eigenvalue weighted by Crippen LogP contribution is 2.26. The van der Waals surface area contributed by atoms with Crippen molar-refractivity contribution in [3.8, 4) is 0 Å². The topological polar surface area (TPSA) is 84.5 Å². The van der Waals surface area contributed by atoms with Gasteiger partial charge in [-0.15, -0.1) is 0 Å². The quantitative estimate of drug-likeness (QED) is 0.676. The van der Waals surface area contributed by atoms with E-state index in [4.69, 9.17) is 4.74 Å². The molecule has 1 fully saturated rings. The van der Waals surface area contributed by atoms with Crippen LogP contribution < -0.4 is 10.0 Å². The Bertz CT molecular complexity index is 972. The van der Waals surface area contributed by atoms with E-state index >= 15 is 0 Å². The minimum Gasteiger partial charge on any atom is -0.376 e. The number of ether oxygens (including phenoxy) is 1. The summed E-state index contributed by atoms with van der Waals surface area (Å²) >= 11 is 3.35. The van der Waals surface area contributed by atoms with Crippen LogP contribution in [0.25, 0.3) is 0 Å². The SMILES string of the molecule is Cc1ccc(Br)c(NS(=O)(=O)c2cccc(C(=O)N[C@@H](C)[C@@H]3CCCO3)c2)c1. The van der Waals surface area contributed by atoms with Gasteiger partial charge in [0.1, 0.15) is 0 Å². The zero-order chi connectivity index (χ0) is 20.3. The van der Waals surface area contributed by atoms with E-state index in [1.54, 1.807) is 24.3 Å². The molecule has 0 aromatic heterocycles. The number of aryl methyl sites for hydroxylation is 1. The first kappa shape index (κ1) is 20.8. The zero-order valence-electron chi connectivity index (χ0n) is 15.7. The van der Waals surface area contributed by atoms with E-state index in [-0.39, 0.29) is 28.5 Å². The van der Waals surface area contributed by atoms with Gasteiger partial charge in [-0.05, 0) is 78.5 Å². The van der Waals surface area contributed by atoms with Crippen molar-refractivity contribution in [1.29, 1.82) is 0 Å². The molecule has 0 spiro atoms. The van der Waals surface area contributed by atoms with Crippen molar-refractivity contribution in [2.75, 3.05) is 11.3 Å². The Kier molecular flexibility index (Phi) is 6.42. The summed E-state index contributed by atoms with van der Waals surface area (Å²) in [5.74, 6) is -0.322. The third-order valence-corrected chi connectivity index (χ3v) is 6.71. The van der Waals surface area contributed by atoms with Crippen LogP contribution in [0.15, 0.2) is 51.8 Å². The summed E-state index contributed by atoms with van der Waals surface area (Å²) in [5, 5.41) is 2.90. The molecule has 1 saturated heterocycles. The molecule has 2 atom stereocenters. The van der Waals surface area contributed by atoms with Crippen LogP contribution in [0.4, 0.5) is 5.69 Å². The molecule has 1 heterocycles. The van der Waals surface area contributed by atoms with E-state index in [1.807, 2.05) is 19.9 Å². The molecule has 150 valence electrons. The standard InChI is InChI=1S/C20H23BrN2O4S/c1-13-8-9-17(21)18(11-13)23-28(25,26)16-6-3-5-15(12-16)20(24)22-14(2)19-7-4-10-27-19/h3,5-6,8-9,11-12,14,19,23H,4,7,10H2,1-2H3,(H,22,24)/t14-,19-/m0/s1. The minimum absolute atomic E-state index is 0.00352. The summed E-state index contributed by atoms with van der Waals surface area (Å²) < 4.78 is 34.4. The number of amides is 1. The molecule has 2 N–H and O–H groups in total. The summed E-state index contributed by atoms with van der Waals surface area (Å²) in [6.07, 6.45) is 1.89. The van der Waals surface area contributed by atoms with Gasteiger partial charge >= 0.3 is 0 Å². The molecule has 2 aromatic rings. The van der Waals surface area contributed by atoms with Gasteiger partial charge in [0.15, 0.2) is 0 Å². The van der Waals surface area contributed by atoms with Crippen molar-refractivity contribution in [1.82, 2.24) is 5.32 Å². The number of sulfonamides is 1. The molecule has 1 aliphatic rings. The Morgan fingerprint density at radius 3 is 2.75 bits per heavy atom. The van der Waals surface area contributed by atoms with Gasteiger partial charge in [-0.3, -0.25) is 9.52 Å². The highest BCUT2D eigenvalue weighted by atomic mass is 79.9. The first-order valence-electron chi connectivity index (χ1n) is 9.08. The average molecular weight is 467 g/mol. The number of anilines is 1. The Labute approximate surface area is 173 Å². The summed E-state index contributed by atoms with van der Waals surface area (Å²) in [6, 6.07) is 11.3. The van der Waals surface area contributed by atoms with Crippen molar-refractivity contribution < 1.29 is 17.9 Å². The Morgan fingerprint density at radius 1 is 1.25 bits per heavy atom. The lowest BCUT2D eigenvalue weighted by Gasteiger charge is -2.20. The number of carbonyl (C=O) groups excluding carboxylic acids is 1. The Balaban J connectivity index is 1.77. The average Bonchev–Trinajstić information content (AvgIpc) is 3.19. The van der Waals surface area contributed by atoms with Gasteiger partial charge in [-0.2, -0.15) is 0 Å². The number of hydrogen-bond acceptors (Lipinski definition) is 4. The largest absolute Gasteiger partial charge is 0.376 e. The van der Waals surface area contributed by atoms with Crippen LogP contribution >= 0.6 is 15.9 Å². The van der Waals surface area contributed by atoms with Gasteiger partial charge in [-0.25, -0.2) is 8.42 Å². The smallest absolute Gasteiger partial charge is 0.261 e. The van der Waals surface area contributed by atoms with Crippen molar-refractivity contribution >= 4 is 37.5 Å². The van der Waals surface area contributed by atoms with E-state index in [0.717, 1.165) is 18.4 Å². The van der Waals surface area contributed by atoms with Crippen LogP contribution in [0.5, 0.6) is 0 Å². The normalized spacial score (nSPS) is 17.9. The summed E-state index contributed by atoms with van der Waals surface area (Å²) in [6.45, 7) is 4.48. The van der Waals surface area contributed by atoms with Crippen molar-refractivity contribution in [3.63, 3.8) is 0 Å². The molecular weight excluding hydrogens is 444 g/mol. The molecule has 1 amide bonds. The molecule has 0 bridgehead atoms. The Morgan fingerprint density at radius 2 is 2.04 bits per heavy atom. The number of nitrogens with one attached hydrogen (secondary N) is 2. The number of halogens is 1. The third kappa shape index (κ3) is 4.92. The lowest BCUT2D eigenvalue weighted by Crippen LogP contribution is -2.40. The number of benzene rings is 2. The maximum atomic E-state index is 12.8. The van der Waals surface area contributed by atoms with E-state index in [2.05, 4.69) is 26.0 Å². The third-order valence-electron chi connectivity index (χ3n) is 4.65. The zero-order valence-corrected chi connectivity index (χ0v) is 18.1. The van der Waals surface area contributed by atoms with E-state index in [0.29, 0.717) is 16.8 Å². The van der Waals surface area contributed by atoms with Crippen molar-refractivity contribution in [3.05, 3.63) is 58.1 Å². The molecule has 6 nitrogen and oxygen atoms in total. The van der Waals surface area contributed by atoms with Gasteiger partial charge < -0.3 is 10.1 Å². The molecule has 2 aromatic carbocycles. The second-order valence-corrected chi connectivity index (χ2v) is 9.47. The fourth-order valence-corrected chi connectivity index (χ4v) is 4.70. The second kappa shape index (κ2) is 8.63.